The number of benzene rings is 2. The van der Waals surface area contributed by atoms with Crippen molar-refractivity contribution in [1.29, 1.82) is 0 Å². The molecular formula is C20H17ClN2OS. The van der Waals surface area contributed by atoms with Crippen molar-refractivity contribution in [3.63, 3.8) is 0 Å². The molecule has 25 heavy (non-hydrogen) atoms. The highest BCUT2D eigenvalue weighted by Gasteiger charge is 2.04. The van der Waals surface area contributed by atoms with Crippen LogP contribution in [0, 0.1) is 0 Å². The van der Waals surface area contributed by atoms with Crippen LogP contribution in [0.4, 0.5) is 0 Å². The van der Waals surface area contributed by atoms with Crippen molar-refractivity contribution in [2.75, 3.05) is 0 Å². The Kier molecular flexibility index (Phi) is 5.99. The zero-order valence-corrected chi connectivity index (χ0v) is 15.1. The molecule has 1 heterocycles. The number of amides is 1. The van der Waals surface area contributed by atoms with Crippen LogP contribution in [0.2, 0.25) is 5.02 Å². The maximum atomic E-state index is 11.9. The number of nitrogens with zero attached hydrogens (tertiary/aromatic N) is 1. The van der Waals surface area contributed by atoms with E-state index in [2.05, 4.69) is 22.4 Å². The quantitative estimate of drug-likeness (QED) is 0.640. The monoisotopic (exact) mass is 368 g/mol. The van der Waals surface area contributed by atoms with Crippen LogP contribution >= 0.6 is 22.9 Å². The van der Waals surface area contributed by atoms with E-state index in [4.69, 9.17) is 11.6 Å². The third kappa shape index (κ3) is 5.55. The van der Waals surface area contributed by atoms with Gasteiger partial charge in [0.2, 0.25) is 5.91 Å². The average molecular weight is 369 g/mol. The van der Waals surface area contributed by atoms with Gasteiger partial charge in [0.15, 0.2) is 0 Å². The van der Waals surface area contributed by atoms with Gasteiger partial charge < -0.3 is 5.32 Å². The number of aromatic nitrogens is 1. The summed E-state index contributed by atoms with van der Waals surface area (Å²) in [4.78, 5) is 16.5. The first kappa shape index (κ1) is 17.4. The minimum atomic E-state index is -0.155. The van der Waals surface area contributed by atoms with Crippen molar-refractivity contribution < 1.29 is 4.79 Å². The average Bonchev–Trinajstić information content (AvgIpc) is 3.06. The van der Waals surface area contributed by atoms with Gasteiger partial charge in [-0.15, -0.1) is 11.3 Å². The molecule has 0 saturated heterocycles. The molecule has 0 unspecified atom stereocenters. The Morgan fingerprint density at radius 1 is 1.16 bits per heavy atom. The zero-order chi connectivity index (χ0) is 17.5. The normalized spacial score (nSPS) is 10.9. The second-order valence-corrected chi connectivity index (χ2v) is 6.88. The molecule has 0 fully saturated rings. The molecule has 1 N–H and O–H groups in total. The number of thiazole rings is 1. The van der Waals surface area contributed by atoms with Crippen molar-refractivity contribution in [2.24, 2.45) is 0 Å². The van der Waals surface area contributed by atoms with Crippen LogP contribution in [0.1, 0.15) is 21.8 Å². The van der Waals surface area contributed by atoms with Crippen LogP contribution in [0.25, 0.3) is 6.08 Å². The van der Waals surface area contributed by atoms with E-state index in [0.29, 0.717) is 11.6 Å². The molecule has 0 spiro atoms. The minimum absolute atomic E-state index is 0.155. The predicted octanol–water partition coefficient (Wildman–Crippen LogP) is 4.72. The van der Waals surface area contributed by atoms with Crippen LogP contribution in [0.3, 0.4) is 0 Å². The predicted molar refractivity (Wildman–Crippen MR) is 104 cm³/mol. The van der Waals surface area contributed by atoms with Crippen LogP contribution in [0.15, 0.2) is 66.1 Å². The van der Waals surface area contributed by atoms with E-state index in [1.807, 2.05) is 41.8 Å². The second-order valence-electron chi connectivity index (χ2n) is 5.50. The van der Waals surface area contributed by atoms with Crippen LogP contribution in [0.5, 0.6) is 0 Å². The van der Waals surface area contributed by atoms with Crippen LogP contribution in [-0.4, -0.2) is 10.9 Å². The summed E-state index contributed by atoms with van der Waals surface area (Å²) in [5.74, 6) is -0.155. The summed E-state index contributed by atoms with van der Waals surface area (Å²) in [5.41, 5.74) is 3.00. The summed E-state index contributed by atoms with van der Waals surface area (Å²) >= 11 is 7.53. The topological polar surface area (TPSA) is 42.0 Å². The van der Waals surface area contributed by atoms with Gasteiger partial charge >= 0.3 is 0 Å². The van der Waals surface area contributed by atoms with Crippen LogP contribution < -0.4 is 5.32 Å². The molecule has 1 aromatic heterocycles. The number of carbonyl (C=O) groups is 1. The minimum Gasteiger partial charge on any atom is -0.347 e. The molecule has 2 aromatic carbocycles. The number of hydrogen-bond donors (Lipinski definition) is 1. The molecule has 3 aromatic rings. The largest absolute Gasteiger partial charge is 0.347 e. The molecule has 126 valence electrons. The van der Waals surface area contributed by atoms with Crippen LogP contribution in [-0.2, 0) is 17.8 Å². The number of nitrogens with one attached hydrogen (secondary N) is 1. The van der Waals surface area contributed by atoms with Gasteiger partial charge in [0, 0.05) is 22.9 Å². The van der Waals surface area contributed by atoms with Crippen molar-refractivity contribution in [3.05, 3.63) is 92.9 Å². The lowest BCUT2D eigenvalue weighted by Gasteiger charge is -1.99. The molecule has 3 rings (SSSR count). The SMILES string of the molecule is O=C(/C=C/c1cccc(Cl)c1)NCc1csc(Cc2ccccc2)n1. The lowest BCUT2D eigenvalue weighted by molar-refractivity contribution is -0.116. The molecule has 0 radical (unpaired) electrons. The number of hydrogen-bond acceptors (Lipinski definition) is 3. The zero-order valence-electron chi connectivity index (χ0n) is 13.5. The van der Waals surface area contributed by atoms with E-state index >= 15 is 0 Å². The van der Waals surface area contributed by atoms with Gasteiger partial charge in [0.05, 0.1) is 17.2 Å². The Morgan fingerprint density at radius 3 is 2.80 bits per heavy atom. The second kappa shape index (κ2) is 8.60. The van der Waals surface area contributed by atoms with Gasteiger partial charge in [-0.2, -0.15) is 0 Å². The summed E-state index contributed by atoms with van der Waals surface area (Å²) < 4.78 is 0. The molecular weight excluding hydrogens is 352 g/mol. The number of halogens is 1. The maximum absolute atomic E-state index is 11.9. The summed E-state index contributed by atoms with van der Waals surface area (Å²) in [5, 5.41) is 6.53. The smallest absolute Gasteiger partial charge is 0.244 e. The molecule has 0 saturated carbocycles. The standard InChI is InChI=1S/C20H17ClN2OS/c21-17-8-4-7-16(11-17)9-10-19(24)22-13-18-14-25-20(23-18)12-15-5-2-1-3-6-15/h1-11,14H,12-13H2,(H,22,24)/b10-9+. The lowest BCUT2D eigenvalue weighted by atomic mass is 10.2. The number of carbonyl (C=O) groups excluding carboxylic acids is 1. The molecule has 0 aliphatic heterocycles. The number of rotatable bonds is 6. The fourth-order valence-electron chi connectivity index (χ4n) is 2.30. The first-order chi connectivity index (χ1) is 12.2. The summed E-state index contributed by atoms with van der Waals surface area (Å²) in [7, 11) is 0. The summed E-state index contributed by atoms with van der Waals surface area (Å²) in [6, 6.07) is 17.6. The Hall–Kier alpha value is -2.43. The first-order valence-electron chi connectivity index (χ1n) is 7.88. The third-order valence-electron chi connectivity index (χ3n) is 3.52. The molecule has 1 amide bonds. The molecule has 0 aliphatic rings. The summed E-state index contributed by atoms with van der Waals surface area (Å²) in [6.45, 7) is 0.421. The molecule has 0 bridgehead atoms. The molecule has 0 atom stereocenters. The highest BCUT2D eigenvalue weighted by atomic mass is 35.5. The highest BCUT2D eigenvalue weighted by molar-refractivity contribution is 7.09. The molecule has 0 aliphatic carbocycles. The van der Waals surface area contributed by atoms with Crippen molar-refractivity contribution >= 4 is 34.9 Å². The highest BCUT2D eigenvalue weighted by Crippen LogP contribution is 2.15. The van der Waals surface area contributed by atoms with E-state index in [1.54, 1.807) is 23.5 Å². The van der Waals surface area contributed by atoms with Gasteiger partial charge in [0.1, 0.15) is 0 Å². The third-order valence-corrected chi connectivity index (χ3v) is 4.65. The van der Waals surface area contributed by atoms with Crippen molar-refractivity contribution in [1.82, 2.24) is 10.3 Å². The fourth-order valence-corrected chi connectivity index (χ4v) is 3.33. The lowest BCUT2D eigenvalue weighted by Crippen LogP contribution is -2.20. The van der Waals surface area contributed by atoms with Gasteiger partial charge in [-0.05, 0) is 29.3 Å². The Balaban J connectivity index is 1.51. The van der Waals surface area contributed by atoms with E-state index in [1.165, 1.54) is 11.6 Å². The molecule has 5 heteroatoms. The van der Waals surface area contributed by atoms with E-state index in [-0.39, 0.29) is 5.91 Å². The summed E-state index contributed by atoms with van der Waals surface area (Å²) in [6.07, 6.45) is 4.06. The Labute approximate surface area is 156 Å². The van der Waals surface area contributed by atoms with Gasteiger partial charge in [-0.25, -0.2) is 4.98 Å². The van der Waals surface area contributed by atoms with Crippen molar-refractivity contribution in [3.8, 4) is 0 Å². The Morgan fingerprint density at radius 2 is 2.00 bits per heavy atom. The Bertz CT molecular complexity index is 874. The molecule has 3 nitrogen and oxygen atoms in total. The van der Waals surface area contributed by atoms with E-state index in [9.17, 15) is 4.79 Å². The first-order valence-corrected chi connectivity index (χ1v) is 9.13. The van der Waals surface area contributed by atoms with E-state index < -0.39 is 0 Å². The fraction of sp³-hybridized carbons (Fsp3) is 0.100. The van der Waals surface area contributed by atoms with Crippen molar-refractivity contribution in [2.45, 2.75) is 13.0 Å². The van der Waals surface area contributed by atoms with Gasteiger partial charge in [-0.1, -0.05) is 54.1 Å². The van der Waals surface area contributed by atoms with Gasteiger partial charge in [0.25, 0.3) is 0 Å². The van der Waals surface area contributed by atoms with Gasteiger partial charge in [-0.3, -0.25) is 4.79 Å². The maximum Gasteiger partial charge on any atom is 0.244 e. The van der Waals surface area contributed by atoms with E-state index in [0.717, 1.165) is 22.7 Å².